The van der Waals surface area contributed by atoms with Gasteiger partial charge in [0.1, 0.15) is 6.20 Å². The molecule has 1 rings (SSSR count). The quantitative estimate of drug-likeness (QED) is 0.579. The van der Waals surface area contributed by atoms with Gasteiger partial charge < -0.3 is 5.32 Å². The summed E-state index contributed by atoms with van der Waals surface area (Å²) in [7, 11) is 0. The molecule has 0 aromatic carbocycles. The van der Waals surface area contributed by atoms with E-state index in [1.54, 1.807) is 0 Å². The zero-order valence-corrected chi connectivity index (χ0v) is 7.59. The first-order valence-electron chi connectivity index (χ1n) is 3.46. The van der Waals surface area contributed by atoms with Crippen molar-refractivity contribution in [2.45, 2.75) is 19.9 Å². The van der Waals surface area contributed by atoms with Crippen LogP contribution in [-0.4, -0.2) is 15.9 Å². The lowest BCUT2D eigenvalue weighted by Crippen LogP contribution is -2.08. The van der Waals surface area contributed by atoms with Gasteiger partial charge in [0.2, 0.25) is 0 Å². The third-order valence-electron chi connectivity index (χ3n) is 1.09. The maximum absolute atomic E-state index is 10.2. The first kappa shape index (κ1) is 8.92. The van der Waals surface area contributed by atoms with Crippen LogP contribution in [0.4, 0.5) is 10.1 Å². The van der Waals surface area contributed by atoms with E-state index in [0.29, 0.717) is 5.13 Å². The van der Waals surface area contributed by atoms with Gasteiger partial charge in [-0.15, -0.1) is 0 Å². The molecule has 0 bridgehead atoms. The van der Waals surface area contributed by atoms with Crippen LogP contribution in [0.3, 0.4) is 0 Å². The van der Waals surface area contributed by atoms with E-state index in [2.05, 4.69) is 10.3 Å². The minimum absolute atomic E-state index is 0.0677. The molecule has 1 aromatic heterocycles. The molecule has 0 atom stereocenters. The van der Waals surface area contributed by atoms with E-state index in [-0.39, 0.29) is 11.0 Å². The third kappa shape index (κ3) is 2.16. The van der Waals surface area contributed by atoms with Crippen molar-refractivity contribution >= 4 is 21.5 Å². The molecule has 0 spiro atoms. The number of anilines is 1. The standard InChI is InChI=1S/C6H9N3O2S/c1-4(2)8-6-7-3-5(12-6)9(10)11/h3-4H,1-2H3,(H,7,8). The Bertz CT molecular complexity index is 284. The number of aromatic nitrogens is 1. The Morgan fingerprint density at radius 2 is 2.42 bits per heavy atom. The van der Waals surface area contributed by atoms with Crippen LogP contribution in [-0.2, 0) is 0 Å². The zero-order chi connectivity index (χ0) is 9.14. The lowest BCUT2D eigenvalue weighted by molar-refractivity contribution is -0.380. The van der Waals surface area contributed by atoms with Gasteiger partial charge in [0.05, 0.1) is 4.92 Å². The van der Waals surface area contributed by atoms with Crippen molar-refractivity contribution in [1.29, 1.82) is 0 Å². The fourth-order valence-corrected chi connectivity index (χ4v) is 1.44. The number of hydrogen-bond acceptors (Lipinski definition) is 5. The molecule has 0 aliphatic heterocycles. The van der Waals surface area contributed by atoms with E-state index in [4.69, 9.17) is 0 Å². The highest BCUT2D eigenvalue weighted by molar-refractivity contribution is 7.18. The average Bonchev–Trinajstić information content (AvgIpc) is 2.34. The minimum Gasteiger partial charge on any atom is -0.359 e. The maximum Gasteiger partial charge on any atom is 0.345 e. The zero-order valence-electron chi connectivity index (χ0n) is 6.77. The predicted octanol–water partition coefficient (Wildman–Crippen LogP) is 1.87. The van der Waals surface area contributed by atoms with Gasteiger partial charge in [-0.3, -0.25) is 10.1 Å². The van der Waals surface area contributed by atoms with E-state index in [9.17, 15) is 10.1 Å². The molecule has 0 aliphatic carbocycles. The maximum atomic E-state index is 10.2. The topological polar surface area (TPSA) is 68.1 Å². The summed E-state index contributed by atoms with van der Waals surface area (Å²) in [6.07, 6.45) is 1.26. The molecule has 0 amide bonds. The Hall–Kier alpha value is -1.17. The molecular weight excluding hydrogens is 178 g/mol. The number of hydrogen-bond donors (Lipinski definition) is 1. The van der Waals surface area contributed by atoms with Gasteiger partial charge in [-0.2, -0.15) is 0 Å². The van der Waals surface area contributed by atoms with Crippen LogP contribution in [0.2, 0.25) is 0 Å². The second kappa shape index (κ2) is 3.48. The molecule has 5 nitrogen and oxygen atoms in total. The van der Waals surface area contributed by atoms with Crippen molar-refractivity contribution in [3.8, 4) is 0 Å². The molecule has 0 unspecified atom stereocenters. The highest BCUT2D eigenvalue weighted by atomic mass is 32.1. The second-order valence-corrected chi connectivity index (χ2v) is 3.57. The molecule has 1 heterocycles. The monoisotopic (exact) mass is 187 g/mol. The van der Waals surface area contributed by atoms with E-state index >= 15 is 0 Å². The second-order valence-electron chi connectivity index (χ2n) is 2.56. The smallest absolute Gasteiger partial charge is 0.345 e. The Labute approximate surface area is 73.6 Å². The summed E-state index contributed by atoms with van der Waals surface area (Å²) >= 11 is 1.05. The first-order valence-corrected chi connectivity index (χ1v) is 4.28. The predicted molar refractivity (Wildman–Crippen MR) is 47.5 cm³/mol. The van der Waals surface area contributed by atoms with Crippen molar-refractivity contribution in [2.75, 3.05) is 5.32 Å². The van der Waals surface area contributed by atoms with E-state index in [1.807, 2.05) is 13.8 Å². The van der Waals surface area contributed by atoms with E-state index < -0.39 is 4.92 Å². The van der Waals surface area contributed by atoms with Crippen molar-refractivity contribution in [2.24, 2.45) is 0 Å². The van der Waals surface area contributed by atoms with E-state index in [1.165, 1.54) is 6.20 Å². The van der Waals surface area contributed by atoms with Crippen molar-refractivity contribution in [1.82, 2.24) is 4.98 Å². The van der Waals surface area contributed by atoms with Crippen LogP contribution >= 0.6 is 11.3 Å². The Kier molecular flexibility index (Phi) is 2.59. The SMILES string of the molecule is CC(C)Nc1ncc([N+](=O)[O-])s1. The van der Waals surface area contributed by atoms with Crippen molar-refractivity contribution < 1.29 is 4.92 Å². The highest BCUT2D eigenvalue weighted by Crippen LogP contribution is 2.25. The summed E-state index contributed by atoms with van der Waals surface area (Å²) in [5, 5.41) is 13.9. The Balaban J connectivity index is 2.71. The normalized spacial score (nSPS) is 10.2. The summed E-state index contributed by atoms with van der Waals surface area (Å²) in [4.78, 5) is 13.7. The molecule has 0 fully saturated rings. The number of rotatable bonds is 3. The van der Waals surface area contributed by atoms with Gasteiger partial charge in [-0.05, 0) is 25.2 Å². The molecule has 12 heavy (non-hydrogen) atoms. The third-order valence-corrected chi connectivity index (χ3v) is 1.97. The molecule has 0 saturated carbocycles. The van der Waals surface area contributed by atoms with E-state index in [0.717, 1.165) is 11.3 Å². The van der Waals surface area contributed by atoms with Gasteiger partial charge >= 0.3 is 5.00 Å². The molecular formula is C6H9N3O2S. The molecule has 0 aliphatic rings. The number of nitrogens with one attached hydrogen (secondary N) is 1. The summed E-state index contributed by atoms with van der Waals surface area (Å²) in [5.41, 5.74) is 0. The van der Waals surface area contributed by atoms with Crippen LogP contribution in [0, 0.1) is 10.1 Å². The van der Waals surface area contributed by atoms with Crippen LogP contribution in [0.15, 0.2) is 6.20 Å². The Morgan fingerprint density at radius 1 is 1.75 bits per heavy atom. The number of nitrogens with zero attached hydrogens (tertiary/aromatic N) is 2. The van der Waals surface area contributed by atoms with Gasteiger partial charge in [0.15, 0.2) is 5.13 Å². The molecule has 66 valence electrons. The summed E-state index contributed by atoms with van der Waals surface area (Å²) in [5.74, 6) is 0. The largest absolute Gasteiger partial charge is 0.359 e. The average molecular weight is 187 g/mol. The van der Waals surface area contributed by atoms with Crippen LogP contribution in [0.1, 0.15) is 13.8 Å². The number of nitro groups is 1. The summed E-state index contributed by atoms with van der Waals surface area (Å²) in [6, 6.07) is 0.246. The minimum atomic E-state index is -0.441. The fourth-order valence-electron chi connectivity index (χ4n) is 0.664. The fraction of sp³-hybridized carbons (Fsp3) is 0.500. The lowest BCUT2D eigenvalue weighted by Gasteiger charge is -2.03. The van der Waals surface area contributed by atoms with Crippen molar-refractivity contribution in [3.63, 3.8) is 0 Å². The highest BCUT2D eigenvalue weighted by Gasteiger charge is 2.11. The summed E-state index contributed by atoms with van der Waals surface area (Å²) < 4.78 is 0. The molecule has 6 heteroatoms. The van der Waals surface area contributed by atoms with Gasteiger partial charge in [0.25, 0.3) is 0 Å². The molecule has 1 aromatic rings. The lowest BCUT2D eigenvalue weighted by atomic mass is 10.4. The van der Waals surface area contributed by atoms with Crippen LogP contribution in [0.5, 0.6) is 0 Å². The molecule has 0 radical (unpaired) electrons. The molecule has 1 N–H and O–H groups in total. The van der Waals surface area contributed by atoms with Gasteiger partial charge in [-0.25, -0.2) is 4.98 Å². The van der Waals surface area contributed by atoms with Crippen LogP contribution in [0.25, 0.3) is 0 Å². The Morgan fingerprint density at radius 3 is 2.83 bits per heavy atom. The summed E-state index contributed by atoms with van der Waals surface area (Å²) in [6.45, 7) is 3.90. The van der Waals surface area contributed by atoms with Crippen LogP contribution < -0.4 is 5.32 Å². The first-order chi connectivity index (χ1) is 5.59. The van der Waals surface area contributed by atoms with Gasteiger partial charge in [0, 0.05) is 6.04 Å². The van der Waals surface area contributed by atoms with Gasteiger partial charge in [-0.1, -0.05) is 0 Å². The van der Waals surface area contributed by atoms with Crippen molar-refractivity contribution in [3.05, 3.63) is 16.3 Å². The number of thiazole rings is 1. The molecule has 0 saturated heterocycles.